The molecule has 0 radical (unpaired) electrons. The predicted molar refractivity (Wildman–Crippen MR) is 99.9 cm³/mol. The quantitative estimate of drug-likeness (QED) is 0.884. The van der Waals surface area contributed by atoms with Crippen LogP contribution in [0.3, 0.4) is 0 Å². The lowest BCUT2D eigenvalue weighted by Crippen LogP contribution is -2.21. The maximum atomic E-state index is 12.8. The SMILES string of the molecule is CNC(=O)c1cccc(NS(=O)(=O)C2=Cc3ccccc3CC2)c1C. The molecule has 0 spiro atoms. The summed E-state index contributed by atoms with van der Waals surface area (Å²) in [5.41, 5.74) is 3.55. The number of aryl methyl sites for hydroxylation is 1. The highest BCUT2D eigenvalue weighted by molar-refractivity contribution is 7.96. The van der Waals surface area contributed by atoms with Crippen molar-refractivity contribution in [2.45, 2.75) is 19.8 Å². The zero-order chi connectivity index (χ0) is 18.0. The first-order valence-electron chi connectivity index (χ1n) is 8.05. The summed E-state index contributed by atoms with van der Waals surface area (Å²) in [5.74, 6) is -0.246. The number of nitrogens with one attached hydrogen (secondary N) is 2. The summed E-state index contributed by atoms with van der Waals surface area (Å²) in [6.07, 6.45) is 2.87. The molecule has 0 aromatic heterocycles. The van der Waals surface area contributed by atoms with E-state index in [1.165, 1.54) is 0 Å². The number of sulfonamides is 1. The third-order valence-corrected chi connectivity index (χ3v) is 5.91. The minimum Gasteiger partial charge on any atom is -0.355 e. The van der Waals surface area contributed by atoms with Crippen LogP contribution in [-0.2, 0) is 16.4 Å². The Labute approximate surface area is 147 Å². The summed E-state index contributed by atoms with van der Waals surface area (Å²) in [6, 6.07) is 12.8. The van der Waals surface area contributed by atoms with Gasteiger partial charge >= 0.3 is 0 Å². The minimum absolute atomic E-state index is 0.246. The van der Waals surface area contributed by atoms with Crippen LogP contribution in [0.2, 0.25) is 0 Å². The summed E-state index contributed by atoms with van der Waals surface area (Å²) in [7, 11) is -2.13. The fourth-order valence-corrected chi connectivity index (χ4v) is 4.25. The number of rotatable bonds is 4. The van der Waals surface area contributed by atoms with Gasteiger partial charge in [-0.2, -0.15) is 0 Å². The Morgan fingerprint density at radius 3 is 2.56 bits per heavy atom. The van der Waals surface area contributed by atoms with Gasteiger partial charge in [-0.25, -0.2) is 8.42 Å². The molecule has 2 N–H and O–H groups in total. The van der Waals surface area contributed by atoms with Gasteiger partial charge in [-0.1, -0.05) is 30.3 Å². The van der Waals surface area contributed by atoms with Crippen molar-refractivity contribution >= 4 is 27.7 Å². The first kappa shape index (κ1) is 17.2. The maximum Gasteiger partial charge on any atom is 0.258 e. The topological polar surface area (TPSA) is 75.3 Å². The van der Waals surface area contributed by atoms with Crippen molar-refractivity contribution in [1.29, 1.82) is 0 Å². The number of allylic oxidation sites excluding steroid dienone is 1. The van der Waals surface area contributed by atoms with Crippen molar-refractivity contribution in [2.75, 3.05) is 11.8 Å². The van der Waals surface area contributed by atoms with Crippen LogP contribution in [0.25, 0.3) is 6.08 Å². The highest BCUT2D eigenvalue weighted by Gasteiger charge is 2.23. The molecule has 130 valence electrons. The molecule has 1 aliphatic carbocycles. The third kappa shape index (κ3) is 3.44. The van der Waals surface area contributed by atoms with Crippen molar-refractivity contribution in [3.05, 3.63) is 69.6 Å². The molecule has 2 aromatic rings. The van der Waals surface area contributed by atoms with Gasteiger partial charge in [0.25, 0.3) is 15.9 Å². The summed E-state index contributed by atoms with van der Waals surface area (Å²) in [4.78, 5) is 12.2. The van der Waals surface area contributed by atoms with Crippen LogP contribution in [0.15, 0.2) is 47.4 Å². The molecule has 2 aromatic carbocycles. The van der Waals surface area contributed by atoms with Gasteiger partial charge in [0.2, 0.25) is 0 Å². The lowest BCUT2D eigenvalue weighted by atomic mass is 9.98. The van der Waals surface area contributed by atoms with Gasteiger partial charge in [0.1, 0.15) is 0 Å². The summed E-state index contributed by atoms with van der Waals surface area (Å²) in [5, 5.41) is 2.56. The smallest absolute Gasteiger partial charge is 0.258 e. The molecule has 3 rings (SSSR count). The Hall–Kier alpha value is -2.60. The second-order valence-electron chi connectivity index (χ2n) is 5.97. The molecule has 5 nitrogen and oxygen atoms in total. The normalized spacial score (nSPS) is 13.6. The van der Waals surface area contributed by atoms with Crippen molar-refractivity contribution in [3.63, 3.8) is 0 Å². The molecular formula is C19H20N2O3S. The van der Waals surface area contributed by atoms with Gasteiger partial charge in [-0.05, 0) is 54.7 Å². The molecular weight excluding hydrogens is 336 g/mol. The van der Waals surface area contributed by atoms with Crippen molar-refractivity contribution in [3.8, 4) is 0 Å². The maximum absolute atomic E-state index is 12.8. The van der Waals surface area contributed by atoms with E-state index in [1.54, 1.807) is 38.2 Å². The molecule has 6 heteroatoms. The van der Waals surface area contributed by atoms with Crippen molar-refractivity contribution < 1.29 is 13.2 Å². The fourth-order valence-electron chi connectivity index (χ4n) is 2.96. The summed E-state index contributed by atoms with van der Waals surface area (Å²) < 4.78 is 28.2. The second kappa shape index (κ2) is 6.72. The van der Waals surface area contributed by atoms with Crippen LogP contribution < -0.4 is 10.0 Å². The van der Waals surface area contributed by atoms with Crippen LogP contribution in [0.4, 0.5) is 5.69 Å². The van der Waals surface area contributed by atoms with Crippen molar-refractivity contribution in [2.24, 2.45) is 0 Å². The number of anilines is 1. The molecule has 0 aliphatic heterocycles. The zero-order valence-electron chi connectivity index (χ0n) is 14.2. The first-order valence-corrected chi connectivity index (χ1v) is 9.53. The predicted octanol–water partition coefficient (Wildman–Crippen LogP) is 3.08. The minimum atomic E-state index is -3.67. The van der Waals surface area contributed by atoms with Gasteiger partial charge in [-0.15, -0.1) is 0 Å². The van der Waals surface area contributed by atoms with Crippen LogP contribution in [0.1, 0.15) is 33.5 Å². The van der Waals surface area contributed by atoms with Gasteiger partial charge in [-0.3, -0.25) is 9.52 Å². The standard InChI is InChI=1S/C19H20N2O3S/c1-13-17(19(22)20-2)8-5-9-18(13)21-25(23,24)16-11-10-14-6-3-4-7-15(14)12-16/h3-9,12,21H,10-11H2,1-2H3,(H,20,22). The van der Waals surface area contributed by atoms with E-state index in [-0.39, 0.29) is 5.91 Å². The van der Waals surface area contributed by atoms with Gasteiger partial charge in [0, 0.05) is 12.6 Å². The number of hydrogen-bond donors (Lipinski definition) is 2. The van der Waals surface area contributed by atoms with Crippen LogP contribution >= 0.6 is 0 Å². The van der Waals surface area contributed by atoms with E-state index in [9.17, 15) is 13.2 Å². The van der Waals surface area contributed by atoms with Gasteiger partial charge < -0.3 is 5.32 Å². The zero-order valence-corrected chi connectivity index (χ0v) is 15.0. The Morgan fingerprint density at radius 2 is 1.80 bits per heavy atom. The molecule has 0 heterocycles. The Bertz CT molecular complexity index is 962. The van der Waals surface area contributed by atoms with Gasteiger partial charge in [0.15, 0.2) is 0 Å². The average molecular weight is 356 g/mol. The van der Waals surface area contributed by atoms with Crippen molar-refractivity contribution in [1.82, 2.24) is 5.32 Å². The van der Waals surface area contributed by atoms with Crippen LogP contribution in [0, 0.1) is 6.92 Å². The molecule has 25 heavy (non-hydrogen) atoms. The van der Waals surface area contributed by atoms with E-state index in [1.807, 2.05) is 24.3 Å². The number of carbonyl (C=O) groups is 1. The lowest BCUT2D eigenvalue weighted by Gasteiger charge is -2.18. The Morgan fingerprint density at radius 1 is 1.04 bits per heavy atom. The van der Waals surface area contributed by atoms with Crippen LogP contribution in [0.5, 0.6) is 0 Å². The molecule has 1 amide bonds. The molecule has 0 unspecified atom stereocenters. The Kier molecular flexibility index (Phi) is 4.63. The first-order chi connectivity index (χ1) is 11.9. The van der Waals surface area contributed by atoms with E-state index in [4.69, 9.17) is 0 Å². The molecule has 0 atom stereocenters. The van der Waals surface area contributed by atoms with E-state index in [2.05, 4.69) is 10.0 Å². The Balaban J connectivity index is 1.93. The summed E-state index contributed by atoms with van der Waals surface area (Å²) in [6.45, 7) is 1.73. The number of amides is 1. The fraction of sp³-hybridized carbons (Fsp3) is 0.211. The molecule has 0 bridgehead atoms. The van der Waals surface area contributed by atoms with E-state index < -0.39 is 10.0 Å². The van der Waals surface area contributed by atoms with Crippen LogP contribution in [-0.4, -0.2) is 21.4 Å². The monoisotopic (exact) mass is 356 g/mol. The molecule has 1 aliphatic rings. The highest BCUT2D eigenvalue weighted by Crippen LogP contribution is 2.29. The number of hydrogen-bond acceptors (Lipinski definition) is 3. The molecule has 0 saturated carbocycles. The average Bonchev–Trinajstić information content (AvgIpc) is 2.62. The number of carbonyl (C=O) groups excluding carboxylic acids is 1. The second-order valence-corrected chi connectivity index (χ2v) is 7.71. The third-order valence-electron chi connectivity index (χ3n) is 4.41. The van der Waals surface area contributed by atoms with E-state index in [0.717, 1.165) is 11.1 Å². The van der Waals surface area contributed by atoms with E-state index >= 15 is 0 Å². The summed E-state index contributed by atoms with van der Waals surface area (Å²) >= 11 is 0. The molecule has 0 saturated heterocycles. The highest BCUT2D eigenvalue weighted by atomic mass is 32.2. The largest absolute Gasteiger partial charge is 0.355 e. The number of fused-ring (bicyclic) bond motifs is 1. The lowest BCUT2D eigenvalue weighted by molar-refractivity contribution is 0.0962. The van der Waals surface area contributed by atoms with Gasteiger partial charge in [0.05, 0.1) is 10.6 Å². The van der Waals surface area contributed by atoms with E-state index in [0.29, 0.717) is 34.6 Å². The number of benzene rings is 2. The molecule has 0 fully saturated rings.